The fourth-order valence-corrected chi connectivity index (χ4v) is 2.16. The van der Waals surface area contributed by atoms with Crippen LogP contribution in [0.1, 0.15) is 13.3 Å². The molecule has 6 heteroatoms. The lowest BCUT2D eigenvalue weighted by molar-refractivity contribution is -0.642. The van der Waals surface area contributed by atoms with E-state index in [1.54, 1.807) is 6.92 Å². The monoisotopic (exact) mass is 227 g/mol. The predicted octanol–water partition coefficient (Wildman–Crippen LogP) is -1.85. The molecule has 0 aromatic rings. The zero-order chi connectivity index (χ0) is 11.5. The minimum atomic E-state index is -0.354. The van der Waals surface area contributed by atoms with Gasteiger partial charge in [0.25, 0.3) is 5.91 Å². The standard InChI is InChI=1S/C10H18N4O2/c1-8-9(15)14(10(16)12-8)5-2-4-13-6-3-11-7-13/h8,11H,2-7H2,1H3,(H,12,16)/p+1/t8-/m1/s1. The number of hydrogen-bond donors (Lipinski definition) is 2. The maximum absolute atomic E-state index is 11.6. The first-order valence-corrected chi connectivity index (χ1v) is 5.84. The molecule has 0 unspecified atom stereocenters. The van der Waals surface area contributed by atoms with Gasteiger partial charge in [-0.3, -0.25) is 14.6 Å². The van der Waals surface area contributed by atoms with Crippen molar-refractivity contribution >= 4 is 11.9 Å². The van der Waals surface area contributed by atoms with Crippen LogP contribution in [0.2, 0.25) is 0 Å². The highest BCUT2D eigenvalue weighted by Gasteiger charge is 2.34. The van der Waals surface area contributed by atoms with E-state index in [1.807, 2.05) is 0 Å². The van der Waals surface area contributed by atoms with E-state index in [1.165, 1.54) is 4.90 Å². The van der Waals surface area contributed by atoms with Crippen LogP contribution in [0.4, 0.5) is 4.79 Å². The Balaban J connectivity index is 1.73. The maximum atomic E-state index is 11.6. The molecule has 0 radical (unpaired) electrons. The minimum Gasteiger partial charge on any atom is -0.333 e. The molecule has 16 heavy (non-hydrogen) atoms. The maximum Gasteiger partial charge on any atom is 0.324 e. The number of urea groups is 1. The van der Waals surface area contributed by atoms with Gasteiger partial charge in [0.15, 0.2) is 0 Å². The van der Waals surface area contributed by atoms with Gasteiger partial charge in [-0.05, 0) is 13.3 Å². The van der Waals surface area contributed by atoms with Gasteiger partial charge in [-0.25, -0.2) is 4.79 Å². The molecule has 2 fully saturated rings. The highest BCUT2D eigenvalue weighted by molar-refractivity contribution is 6.03. The second-order valence-electron chi connectivity index (χ2n) is 4.39. The van der Waals surface area contributed by atoms with Crippen LogP contribution >= 0.6 is 0 Å². The largest absolute Gasteiger partial charge is 0.333 e. The lowest BCUT2D eigenvalue weighted by Crippen LogP contribution is -2.82. The summed E-state index contributed by atoms with van der Waals surface area (Å²) in [5, 5.41) is 4.87. The number of rotatable bonds is 4. The molecule has 0 aromatic carbocycles. The SMILES string of the molecule is C[C@H]1NC(=O)N(CCCN2CC[NH2+]C2)C1=O. The zero-order valence-electron chi connectivity index (χ0n) is 9.61. The van der Waals surface area contributed by atoms with Crippen molar-refractivity contribution in [3.05, 3.63) is 0 Å². The third-order valence-electron chi connectivity index (χ3n) is 3.11. The Hall–Kier alpha value is -1.14. The highest BCUT2D eigenvalue weighted by Crippen LogP contribution is 2.06. The molecule has 2 rings (SSSR count). The third-order valence-corrected chi connectivity index (χ3v) is 3.11. The van der Waals surface area contributed by atoms with Crippen molar-refractivity contribution in [2.24, 2.45) is 0 Å². The van der Waals surface area contributed by atoms with Gasteiger partial charge in [0.2, 0.25) is 0 Å². The van der Waals surface area contributed by atoms with E-state index in [-0.39, 0.29) is 18.0 Å². The number of imide groups is 1. The van der Waals surface area contributed by atoms with Gasteiger partial charge in [-0.15, -0.1) is 0 Å². The summed E-state index contributed by atoms with van der Waals surface area (Å²) in [6.45, 7) is 6.51. The molecule has 90 valence electrons. The molecule has 6 nitrogen and oxygen atoms in total. The molecule has 2 aliphatic rings. The minimum absolute atomic E-state index is 0.0991. The number of carbonyl (C=O) groups is 2. The average molecular weight is 227 g/mol. The third kappa shape index (κ3) is 2.33. The van der Waals surface area contributed by atoms with Crippen LogP contribution in [0.15, 0.2) is 0 Å². The molecule has 0 spiro atoms. The van der Waals surface area contributed by atoms with Crippen LogP contribution < -0.4 is 10.6 Å². The lowest BCUT2D eigenvalue weighted by Gasteiger charge is -2.15. The smallest absolute Gasteiger partial charge is 0.324 e. The molecule has 0 aromatic heterocycles. The van der Waals surface area contributed by atoms with Crippen molar-refractivity contribution in [3.8, 4) is 0 Å². The van der Waals surface area contributed by atoms with E-state index in [2.05, 4.69) is 15.5 Å². The molecule has 3 amide bonds. The van der Waals surface area contributed by atoms with E-state index in [0.29, 0.717) is 6.54 Å². The fourth-order valence-electron chi connectivity index (χ4n) is 2.16. The van der Waals surface area contributed by atoms with Crippen molar-refractivity contribution in [1.29, 1.82) is 0 Å². The van der Waals surface area contributed by atoms with Crippen LogP contribution in [0.25, 0.3) is 0 Å². The highest BCUT2D eigenvalue weighted by atomic mass is 16.2. The number of nitrogens with one attached hydrogen (secondary N) is 1. The Bertz CT molecular complexity index is 289. The van der Waals surface area contributed by atoms with Crippen molar-refractivity contribution in [2.75, 3.05) is 32.8 Å². The van der Waals surface area contributed by atoms with Gasteiger partial charge < -0.3 is 10.6 Å². The Morgan fingerprint density at radius 3 is 2.81 bits per heavy atom. The van der Waals surface area contributed by atoms with Gasteiger partial charge in [-0.1, -0.05) is 0 Å². The Labute approximate surface area is 95.0 Å². The molecule has 2 aliphatic heterocycles. The predicted molar refractivity (Wildman–Crippen MR) is 57.6 cm³/mol. The Morgan fingerprint density at radius 1 is 1.44 bits per heavy atom. The fraction of sp³-hybridized carbons (Fsp3) is 0.800. The summed E-state index contributed by atoms with van der Waals surface area (Å²) >= 11 is 0. The quantitative estimate of drug-likeness (QED) is 0.554. The number of carbonyl (C=O) groups excluding carboxylic acids is 2. The Morgan fingerprint density at radius 2 is 2.25 bits per heavy atom. The van der Waals surface area contributed by atoms with Crippen LogP contribution in [0, 0.1) is 0 Å². The normalized spacial score (nSPS) is 26.6. The number of hydrogen-bond acceptors (Lipinski definition) is 3. The Kier molecular flexibility index (Phi) is 3.40. The summed E-state index contributed by atoms with van der Waals surface area (Å²) in [6.07, 6.45) is 0.861. The molecule has 0 saturated carbocycles. The molecule has 3 N–H and O–H groups in total. The summed E-state index contributed by atoms with van der Waals surface area (Å²) in [6, 6.07) is -0.599. The molecule has 1 atom stereocenters. The van der Waals surface area contributed by atoms with Crippen LogP contribution in [0.3, 0.4) is 0 Å². The van der Waals surface area contributed by atoms with Gasteiger partial charge in [-0.2, -0.15) is 0 Å². The van der Waals surface area contributed by atoms with E-state index < -0.39 is 0 Å². The molecule has 2 heterocycles. The first kappa shape index (κ1) is 11.3. The number of quaternary nitrogens is 1. The van der Waals surface area contributed by atoms with Crippen LogP contribution in [0.5, 0.6) is 0 Å². The topological polar surface area (TPSA) is 69.3 Å². The second kappa shape index (κ2) is 4.80. The van der Waals surface area contributed by atoms with Crippen LogP contribution in [-0.2, 0) is 4.79 Å². The van der Waals surface area contributed by atoms with E-state index in [0.717, 1.165) is 32.7 Å². The molecule has 2 saturated heterocycles. The van der Waals surface area contributed by atoms with Crippen molar-refractivity contribution in [3.63, 3.8) is 0 Å². The van der Waals surface area contributed by atoms with Crippen LogP contribution in [-0.4, -0.2) is 60.6 Å². The summed E-state index contributed by atoms with van der Waals surface area (Å²) < 4.78 is 0. The van der Waals surface area contributed by atoms with Crippen molar-refractivity contribution in [1.82, 2.24) is 15.1 Å². The van der Waals surface area contributed by atoms with Gasteiger partial charge in [0.05, 0.1) is 13.1 Å². The van der Waals surface area contributed by atoms with Crippen molar-refractivity contribution < 1.29 is 14.9 Å². The lowest BCUT2D eigenvalue weighted by atomic mass is 10.3. The zero-order valence-corrected chi connectivity index (χ0v) is 9.61. The van der Waals surface area contributed by atoms with Gasteiger partial charge >= 0.3 is 6.03 Å². The number of amides is 3. The summed E-state index contributed by atoms with van der Waals surface area (Å²) in [5.74, 6) is -0.0991. The molecular formula is C10H19N4O2+. The first-order chi connectivity index (χ1) is 7.68. The summed E-state index contributed by atoms with van der Waals surface area (Å²) in [5.41, 5.74) is 0. The number of nitrogens with zero attached hydrogens (tertiary/aromatic N) is 2. The van der Waals surface area contributed by atoms with Gasteiger partial charge in [0.1, 0.15) is 12.7 Å². The summed E-state index contributed by atoms with van der Waals surface area (Å²) in [7, 11) is 0. The van der Waals surface area contributed by atoms with E-state index in [9.17, 15) is 9.59 Å². The van der Waals surface area contributed by atoms with Crippen molar-refractivity contribution in [2.45, 2.75) is 19.4 Å². The summed E-state index contributed by atoms with van der Waals surface area (Å²) in [4.78, 5) is 26.6. The molecular weight excluding hydrogens is 208 g/mol. The second-order valence-corrected chi connectivity index (χ2v) is 4.39. The first-order valence-electron chi connectivity index (χ1n) is 5.84. The van der Waals surface area contributed by atoms with E-state index >= 15 is 0 Å². The molecule has 0 aliphatic carbocycles. The van der Waals surface area contributed by atoms with E-state index in [4.69, 9.17) is 0 Å². The average Bonchev–Trinajstić information content (AvgIpc) is 2.82. The molecule has 0 bridgehead atoms. The number of nitrogens with two attached hydrogens (primary N) is 1. The van der Waals surface area contributed by atoms with Gasteiger partial charge in [0, 0.05) is 13.1 Å².